The first-order valence-electron chi connectivity index (χ1n) is 8.10. The van der Waals surface area contributed by atoms with Gasteiger partial charge in [-0.05, 0) is 30.3 Å². The highest BCUT2D eigenvalue weighted by molar-refractivity contribution is 6.33. The number of esters is 1. The van der Waals surface area contributed by atoms with Crippen LogP contribution in [-0.4, -0.2) is 30.5 Å². The third-order valence-corrected chi connectivity index (χ3v) is 4.78. The van der Waals surface area contributed by atoms with Crippen LogP contribution >= 0.6 is 11.6 Å². The van der Waals surface area contributed by atoms with E-state index in [1.165, 1.54) is 7.11 Å². The second-order valence-corrected chi connectivity index (χ2v) is 6.49. The number of aromatic nitrogens is 1. The van der Waals surface area contributed by atoms with Crippen molar-refractivity contribution in [1.29, 1.82) is 0 Å². The number of hydrogen-bond acceptors (Lipinski definition) is 5. The standard InChI is InChI=1S/C19H15ClN2O4/c1-25-19(24)11-8-17(23)22(10-11)12-6-7-16-15(9-12)21-18(26-16)13-4-2-3-5-14(13)20/h2-7,9,11H,8,10H2,1H3/t11-/m1/s1. The van der Waals surface area contributed by atoms with Crippen molar-refractivity contribution >= 4 is 40.3 Å². The molecule has 1 saturated heterocycles. The number of fused-ring (bicyclic) bond motifs is 1. The number of ether oxygens (including phenoxy) is 1. The number of rotatable bonds is 3. The normalized spacial score (nSPS) is 17.1. The predicted molar refractivity (Wildman–Crippen MR) is 96.9 cm³/mol. The van der Waals surface area contributed by atoms with Gasteiger partial charge in [0.2, 0.25) is 11.8 Å². The van der Waals surface area contributed by atoms with Crippen molar-refractivity contribution in [2.45, 2.75) is 6.42 Å². The summed E-state index contributed by atoms with van der Waals surface area (Å²) < 4.78 is 10.5. The van der Waals surface area contributed by atoms with Gasteiger partial charge in [0.25, 0.3) is 0 Å². The molecule has 0 saturated carbocycles. The number of amides is 1. The number of methoxy groups -OCH3 is 1. The minimum absolute atomic E-state index is 0.116. The number of nitrogens with zero attached hydrogens (tertiary/aromatic N) is 2. The molecular weight excluding hydrogens is 356 g/mol. The molecule has 3 aromatic rings. The zero-order valence-electron chi connectivity index (χ0n) is 13.9. The molecule has 0 radical (unpaired) electrons. The topological polar surface area (TPSA) is 72.6 Å². The maximum atomic E-state index is 12.3. The zero-order chi connectivity index (χ0) is 18.3. The minimum Gasteiger partial charge on any atom is -0.469 e. The average Bonchev–Trinajstić information content (AvgIpc) is 3.24. The number of benzene rings is 2. The van der Waals surface area contributed by atoms with E-state index in [1.54, 1.807) is 29.2 Å². The lowest BCUT2D eigenvalue weighted by Gasteiger charge is -2.16. The van der Waals surface area contributed by atoms with Gasteiger partial charge in [-0.1, -0.05) is 23.7 Å². The van der Waals surface area contributed by atoms with Crippen molar-refractivity contribution in [3.8, 4) is 11.5 Å². The van der Waals surface area contributed by atoms with Crippen LogP contribution in [0.25, 0.3) is 22.6 Å². The molecule has 0 aliphatic carbocycles. The Bertz CT molecular complexity index is 1010. The Hall–Kier alpha value is -2.86. The zero-order valence-corrected chi connectivity index (χ0v) is 14.7. The molecule has 1 amide bonds. The summed E-state index contributed by atoms with van der Waals surface area (Å²) in [6.45, 7) is 0.298. The molecule has 132 valence electrons. The van der Waals surface area contributed by atoms with Gasteiger partial charge in [0.15, 0.2) is 5.58 Å². The Labute approximate surface area is 154 Å². The monoisotopic (exact) mass is 370 g/mol. The summed E-state index contributed by atoms with van der Waals surface area (Å²) in [5, 5.41) is 0.551. The van der Waals surface area contributed by atoms with E-state index in [9.17, 15) is 9.59 Å². The lowest BCUT2D eigenvalue weighted by molar-refractivity contribution is -0.145. The maximum Gasteiger partial charge on any atom is 0.311 e. The van der Waals surface area contributed by atoms with Crippen molar-refractivity contribution in [1.82, 2.24) is 4.98 Å². The van der Waals surface area contributed by atoms with Gasteiger partial charge in [-0.15, -0.1) is 0 Å². The van der Waals surface area contributed by atoms with Gasteiger partial charge in [-0.25, -0.2) is 4.98 Å². The van der Waals surface area contributed by atoms with Crippen LogP contribution in [0.3, 0.4) is 0 Å². The van der Waals surface area contributed by atoms with E-state index in [0.29, 0.717) is 39.8 Å². The summed E-state index contributed by atoms with van der Waals surface area (Å²) in [7, 11) is 1.33. The van der Waals surface area contributed by atoms with Gasteiger partial charge in [-0.2, -0.15) is 0 Å². The molecule has 1 aromatic heterocycles. The third-order valence-electron chi connectivity index (χ3n) is 4.45. The van der Waals surface area contributed by atoms with Crippen LogP contribution in [0.15, 0.2) is 46.9 Å². The summed E-state index contributed by atoms with van der Waals surface area (Å²) in [5.74, 6) is -0.513. The molecule has 4 rings (SSSR count). The maximum absolute atomic E-state index is 12.3. The molecular formula is C19H15ClN2O4. The Morgan fingerprint density at radius 1 is 1.31 bits per heavy atom. The van der Waals surface area contributed by atoms with Crippen LogP contribution in [0.4, 0.5) is 5.69 Å². The van der Waals surface area contributed by atoms with Crippen LogP contribution in [0.5, 0.6) is 0 Å². The fraction of sp³-hybridized carbons (Fsp3) is 0.211. The molecule has 1 atom stereocenters. The largest absolute Gasteiger partial charge is 0.469 e. The molecule has 0 bridgehead atoms. The van der Waals surface area contributed by atoms with Crippen molar-refractivity contribution in [2.75, 3.05) is 18.6 Å². The third kappa shape index (κ3) is 2.82. The van der Waals surface area contributed by atoms with Gasteiger partial charge < -0.3 is 14.1 Å². The van der Waals surface area contributed by atoms with Gasteiger partial charge in [-0.3, -0.25) is 9.59 Å². The fourth-order valence-corrected chi connectivity index (χ4v) is 3.33. The van der Waals surface area contributed by atoms with Gasteiger partial charge in [0, 0.05) is 18.7 Å². The molecule has 7 heteroatoms. The molecule has 1 aliphatic rings. The Balaban J connectivity index is 1.67. The van der Waals surface area contributed by atoms with Gasteiger partial charge >= 0.3 is 5.97 Å². The molecule has 26 heavy (non-hydrogen) atoms. The minimum atomic E-state index is -0.445. The summed E-state index contributed by atoms with van der Waals surface area (Å²) in [4.78, 5) is 30.0. The first-order chi connectivity index (χ1) is 12.6. The molecule has 6 nitrogen and oxygen atoms in total. The highest BCUT2D eigenvalue weighted by atomic mass is 35.5. The summed E-state index contributed by atoms with van der Waals surface area (Å²) in [5.41, 5.74) is 2.59. The molecule has 0 unspecified atom stereocenters. The van der Waals surface area contributed by atoms with E-state index in [2.05, 4.69) is 4.98 Å². The number of halogens is 1. The Kier molecular flexibility index (Phi) is 4.12. The average molecular weight is 371 g/mol. The predicted octanol–water partition coefficient (Wildman–Crippen LogP) is 3.67. The van der Waals surface area contributed by atoms with Crippen LogP contribution in [0, 0.1) is 5.92 Å². The number of carbonyl (C=O) groups is 2. The quantitative estimate of drug-likeness (QED) is 0.658. The van der Waals surface area contributed by atoms with Crippen LogP contribution in [-0.2, 0) is 14.3 Å². The van der Waals surface area contributed by atoms with Crippen molar-refractivity contribution in [2.24, 2.45) is 5.92 Å². The summed E-state index contributed by atoms with van der Waals surface area (Å²) in [6.07, 6.45) is 0.147. The molecule has 1 fully saturated rings. The lowest BCUT2D eigenvalue weighted by atomic mass is 10.1. The van der Waals surface area contributed by atoms with Crippen LogP contribution in [0.1, 0.15) is 6.42 Å². The summed E-state index contributed by atoms with van der Waals surface area (Å²) >= 11 is 6.20. The first-order valence-corrected chi connectivity index (χ1v) is 8.48. The van der Waals surface area contributed by atoms with Gasteiger partial charge in [0.1, 0.15) is 5.52 Å². The fourth-order valence-electron chi connectivity index (χ4n) is 3.12. The Morgan fingerprint density at radius 3 is 2.88 bits per heavy atom. The van der Waals surface area contributed by atoms with E-state index in [-0.39, 0.29) is 18.3 Å². The van der Waals surface area contributed by atoms with Gasteiger partial charge in [0.05, 0.1) is 23.6 Å². The number of carbonyl (C=O) groups excluding carboxylic acids is 2. The molecule has 0 spiro atoms. The summed E-state index contributed by atoms with van der Waals surface area (Å²) in [6, 6.07) is 12.6. The smallest absolute Gasteiger partial charge is 0.311 e. The van der Waals surface area contributed by atoms with Crippen LogP contribution < -0.4 is 4.90 Å². The first kappa shape index (κ1) is 16.6. The van der Waals surface area contributed by atoms with Crippen molar-refractivity contribution in [3.63, 3.8) is 0 Å². The van der Waals surface area contributed by atoms with E-state index in [1.807, 2.05) is 18.2 Å². The number of hydrogen-bond donors (Lipinski definition) is 0. The number of oxazole rings is 1. The second-order valence-electron chi connectivity index (χ2n) is 6.08. The van der Waals surface area contributed by atoms with Crippen molar-refractivity contribution < 1.29 is 18.7 Å². The molecule has 2 aromatic carbocycles. The highest BCUT2D eigenvalue weighted by Gasteiger charge is 2.36. The SMILES string of the molecule is COC(=O)[C@@H]1CC(=O)N(c2ccc3oc(-c4ccccc4Cl)nc3c2)C1. The van der Waals surface area contributed by atoms with E-state index < -0.39 is 5.92 Å². The lowest BCUT2D eigenvalue weighted by Crippen LogP contribution is -2.26. The van der Waals surface area contributed by atoms with E-state index >= 15 is 0 Å². The highest BCUT2D eigenvalue weighted by Crippen LogP contribution is 2.33. The van der Waals surface area contributed by atoms with Crippen LogP contribution in [0.2, 0.25) is 5.02 Å². The molecule has 2 heterocycles. The molecule has 1 aliphatic heterocycles. The molecule has 0 N–H and O–H groups in total. The van der Waals surface area contributed by atoms with E-state index in [4.69, 9.17) is 20.8 Å². The number of anilines is 1. The second kappa shape index (κ2) is 6.46. The van der Waals surface area contributed by atoms with E-state index in [0.717, 1.165) is 0 Å². The Morgan fingerprint density at radius 2 is 2.12 bits per heavy atom. The van der Waals surface area contributed by atoms with Crippen molar-refractivity contribution in [3.05, 3.63) is 47.5 Å².